The summed E-state index contributed by atoms with van der Waals surface area (Å²) in [5.41, 5.74) is 3.67. The molecule has 0 saturated heterocycles. The first kappa shape index (κ1) is 7.88. The number of phenolic OH excluding ortho intramolecular Hbond substituents is 1. The van der Waals surface area contributed by atoms with Gasteiger partial charge in [0.15, 0.2) is 0 Å². The van der Waals surface area contributed by atoms with Gasteiger partial charge in [-0.3, -0.25) is 0 Å². The molecule has 0 unspecified atom stereocenters. The van der Waals surface area contributed by atoms with Gasteiger partial charge in [-0.25, -0.2) is 0 Å². The zero-order valence-corrected chi connectivity index (χ0v) is 8.04. The molecule has 3 rings (SSSR count). The maximum Gasteiger partial charge on any atom is 0.125 e. The molecule has 2 aromatic rings. The number of benzene rings is 1. The number of fused-ring (bicyclic) bond motifs is 3. The van der Waals surface area contributed by atoms with Crippen LogP contribution < -0.4 is 5.32 Å². The fourth-order valence-electron chi connectivity index (χ4n) is 2.33. The third-order valence-electron chi connectivity index (χ3n) is 3.03. The molecule has 14 heavy (non-hydrogen) atoms. The van der Waals surface area contributed by atoms with E-state index >= 15 is 0 Å². The van der Waals surface area contributed by atoms with Gasteiger partial charge in [0.05, 0.1) is 5.52 Å². The van der Waals surface area contributed by atoms with E-state index in [1.54, 1.807) is 6.07 Å². The van der Waals surface area contributed by atoms with Gasteiger partial charge in [-0.15, -0.1) is 0 Å². The average Bonchev–Trinajstić information content (AvgIpc) is 2.72. The highest BCUT2D eigenvalue weighted by Crippen LogP contribution is 2.34. The summed E-state index contributed by atoms with van der Waals surface area (Å²) < 4.78 is 2.16. The molecule has 3 heteroatoms. The fraction of sp³-hybridized carbons (Fsp3) is 0.273. The molecule has 0 spiro atoms. The van der Waals surface area contributed by atoms with Crippen LogP contribution in [0.5, 0.6) is 5.75 Å². The van der Waals surface area contributed by atoms with Gasteiger partial charge in [-0.2, -0.15) is 0 Å². The number of hydrogen-bond donors (Lipinski definition) is 2. The third-order valence-corrected chi connectivity index (χ3v) is 3.03. The van der Waals surface area contributed by atoms with Crippen LogP contribution in [0.25, 0.3) is 10.9 Å². The van der Waals surface area contributed by atoms with E-state index in [9.17, 15) is 5.11 Å². The Bertz CT molecular complexity index is 513. The van der Waals surface area contributed by atoms with Crippen LogP contribution in [0.1, 0.15) is 11.3 Å². The minimum absolute atomic E-state index is 0.392. The molecule has 2 N–H and O–H groups in total. The summed E-state index contributed by atoms with van der Waals surface area (Å²) in [4.78, 5) is 0. The molecule has 0 saturated carbocycles. The summed E-state index contributed by atoms with van der Waals surface area (Å²) in [5, 5.41) is 14.1. The zero-order valence-electron chi connectivity index (χ0n) is 8.04. The van der Waals surface area contributed by atoms with E-state index in [4.69, 9.17) is 0 Å². The molecule has 3 nitrogen and oxygen atoms in total. The third kappa shape index (κ3) is 0.800. The van der Waals surface area contributed by atoms with Crippen LogP contribution in [0.15, 0.2) is 18.2 Å². The maximum atomic E-state index is 9.81. The number of aromatic hydroxyl groups is 1. The molecule has 2 heterocycles. The lowest BCUT2D eigenvalue weighted by molar-refractivity contribution is 0.481. The van der Waals surface area contributed by atoms with Crippen LogP contribution in [0.3, 0.4) is 0 Å². The monoisotopic (exact) mass is 188 g/mol. The van der Waals surface area contributed by atoms with Crippen LogP contribution >= 0.6 is 0 Å². The minimum atomic E-state index is 0.392. The molecule has 1 aromatic heterocycles. The summed E-state index contributed by atoms with van der Waals surface area (Å²) in [5.74, 6) is 0.392. The molecular weight excluding hydrogens is 176 g/mol. The SMILES string of the molecule is Cn1c2c(c3c(O)cccc31)CNC2. The maximum absolute atomic E-state index is 9.81. The predicted molar refractivity (Wildman–Crippen MR) is 55.1 cm³/mol. The summed E-state index contributed by atoms with van der Waals surface area (Å²) in [6.45, 7) is 1.77. The van der Waals surface area contributed by atoms with Crippen molar-refractivity contribution in [3.63, 3.8) is 0 Å². The molecule has 0 radical (unpaired) electrons. The van der Waals surface area contributed by atoms with Crippen molar-refractivity contribution in [2.75, 3.05) is 0 Å². The Kier molecular flexibility index (Phi) is 1.42. The second kappa shape index (κ2) is 2.51. The zero-order chi connectivity index (χ0) is 9.71. The Morgan fingerprint density at radius 2 is 2.21 bits per heavy atom. The van der Waals surface area contributed by atoms with Gasteiger partial charge in [-0.1, -0.05) is 6.07 Å². The van der Waals surface area contributed by atoms with Crippen molar-refractivity contribution in [1.82, 2.24) is 9.88 Å². The number of aromatic nitrogens is 1. The van der Waals surface area contributed by atoms with E-state index in [-0.39, 0.29) is 0 Å². The van der Waals surface area contributed by atoms with Gasteiger partial charge in [-0.05, 0) is 17.7 Å². The average molecular weight is 188 g/mol. The lowest BCUT2D eigenvalue weighted by atomic mass is 10.1. The first-order valence-corrected chi connectivity index (χ1v) is 4.78. The van der Waals surface area contributed by atoms with Gasteiger partial charge in [0.1, 0.15) is 5.75 Å². The quantitative estimate of drug-likeness (QED) is 0.657. The van der Waals surface area contributed by atoms with Crippen molar-refractivity contribution in [2.24, 2.45) is 7.05 Å². The number of phenols is 1. The molecule has 1 aromatic carbocycles. The smallest absolute Gasteiger partial charge is 0.125 e. The van der Waals surface area contributed by atoms with Crippen molar-refractivity contribution < 1.29 is 5.11 Å². The topological polar surface area (TPSA) is 37.2 Å². The first-order chi connectivity index (χ1) is 6.79. The minimum Gasteiger partial charge on any atom is -0.507 e. The summed E-state index contributed by atoms with van der Waals surface area (Å²) in [7, 11) is 2.05. The van der Waals surface area contributed by atoms with Crippen molar-refractivity contribution in [3.8, 4) is 5.75 Å². The van der Waals surface area contributed by atoms with E-state index in [0.717, 1.165) is 24.0 Å². The van der Waals surface area contributed by atoms with Gasteiger partial charge in [0.2, 0.25) is 0 Å². The number of nitrogens with one attached hydrogen (secondary N) is 1. The summed E-state index contributed by atoms with van der Waals surface area (Å²) >= 11 is 0. The number of hydrogen-bond acceptors (Lipinski definition) is 2. The molecule has 72 valence electrons. The Hall–Kier alpha value is -1.48. The Balaban J connectivity index is 2.52. The summed E-state index contributed by atoms with van der Waals surface area (Å²) in [6, 6.07) is 5.69. The fourth-order valence-corrected chi connectivity index (χ4v) is 2.33. The Labute approximate surface area is 82.0 Å². The van der Waals surface area contributed by atoms with Crippen molar-refractivity contribution >= 4 is 10.9 Å². The van der Waals surface area contributed by atoms with Crippen molar-refractivity contribution in [2.45, 2.75) is 13.1 Å². The van der Waals surface area contributed by atoms with E-state index < -0.39 is 0 Å². The number of aryl methyl sites for hydroxylation is 1. The van der Waals surface area contributed by atoms with Crippen LogP contribution in [-0.2, 0) is 20.1 Å². The van der Waals surface area contributed by atoms with Crippen LogP contribution in [0, 0.1) is 0 Å². The van der Waals surface area contributed by atoms with E-state index in [1.165, 1.54) is 11.3 Å². The Morgan fingerprint density at radius 3 is 3.07 bits per heavy atom. The molecule has 0 amide bonds. The highest BCUT2D eigenvalue weighted by Gasteiger charge is 2.20. The van der Waals surface area contributed by atoms with Crippen molar-refractivity contribution in [1.29, 1.82) is 0 Å². The van der Waals surface area contributed by atoms with E-state index in [2.05, 4.69) is 9.88 Å². The second-order valence-corrected chi connectivity index (χ2v) is 3.76. The standard InChI is InChI=1S/C11H12N2O/c1-13-8-3-2-4-10(14)11(8)7-5-12-6-9(7)13/h2-4,12,14H,5-6H2,1H3. The molecule has 0 aliphatic carbocycles. The van der Waals surface area contributed by atoms with Gasteiger partial charge in [0, 0.05) is 31.2 Å². The lowest BCUT2D eigenvalue weighted by Gasteiger charge is -2.01. The highest BCUT2D eigenvalue weighted by atomic mass is 16.3. The number of nitrogens with zero attached hydrogens (tertiary/aromatic N) is 1. The highest BCUT2D eigenvalue weighted by molar-refractivity contribution is 5.91. The normalized spacial score (nSPS) is 14.9. The van der Waals surface area contributed by atoms with Crippen molar-refractivity contribution in [3.05, 3.63) is 29.5 Å². The second-order valence-electron chi connectivity index (χ2n) is 3.76. The largest absolute Gasteiger partial charge is 0.507 e. The molecule has 1 aliphatic rings. The molecule has 0 atom stereocenters. The van der Waals surface area contributed by atoms with Crippen LogP contribution in [0.4, 0.5) is 0 Å². The Morgan fingerprint density at radius 1 is 1.36 bits per heavy atom. The first-order valence-electron chi connectivity index (χ1n) is 4.78. The van der Waals surface area contributed by atoms with E-state index in [0.29, 0.717) is 5.75 Å². The molecule has 1 aliphatic heterocycles. The van der Waals surface area contributed by atoms with E-state index in [1.807, 2.05) is 19.2 Å². The number of rotatable bonds is 0. The van der Waals surface area contributed by atoms with Crippen LogP contribution in [0.2, 0.25) is 0 Å². The van der Waals surface area contributed by atoms with Gasteiger partial charge < -0.3 is 15.0 Å². The molecular formula is C11H12N2O. The predicted octanol–water partition coefficient (Wildman–Crippen LogP) is 1.49. The lowest BCUT2D eigenvalue weighted by Crippen LogP contribution is -2.04. The molecule has 0 bridgehead atoms. The van der Waals surface area contributed by atoms with Gasteiger partial charge in [0.25, 0.3) is 0 Å². The van der Waals surface area contributed by atoms with Crippen LogP contribution in [-0.4, -0.2) is 9.67 Å². The summed E-state index contributed by atoms with van der Waals surface area (Å²) in [6.07, 6.45) is 0. The van der Waals surface area contributed by atoms with Gasteiger partial charge >= 0.3 is 0 Å². The molecule has 0 fully saturated rings.